The van der Waals surface area contributed by atoms with Crippen LogP contribution in [0.5, 0.6) is 0 Å². The highest BCUT2D eigenvalue weighted by Crippen LogP contribution is 2.31. The third kappa shape index (κ3) is 3.96. The molecule has 0 bridgehead atoms. The van der Waals surface area contributed by atoms with Crippen LogP contribution in [0.2, 0.25) is 10.0 Å². The number of rotatable bonds is 5. The molecule has 1 atom stereocenters. The third-order valence-corrected chi connectivity index (χ3v) is 6.52. The molecule has 2 aromatic carbocycles. The molecule has 0 radical (unpaired) electrons. The van der Waals surface area contributed by atoms with E-state index < -0.39 is 22.0 Å². The summed E-state index contributed by atoms with van der Waals surface area (Å²) >= 11 is 13.8. The first-order valence-corrected chi connectivity index (χ1v) is 9.90. The number of sulfonamides is 1. The third-order valence-electron chi connectivity index (χ3n) is 3.22. The van der Waals surface area contributed by atoms with Crippen molar-refractivity contribution >= 4 is 67.5 Å². The van der Waals surface area contributed by atoms with Crippen molar-refractivity contribution in [2.24, 2.45) is 0 Å². The average molecular weight is 500 g/mol. The SMILES string of the molecule is CC(C(=O)O)N(c1cccc(I)c1)S(=O)(=O)c1ccc(Cl)c(Cl)c1. The van der Waals surface area contributed by atoms with Gasteiger partial charge in [-0.2, -0.15) is 0 Å². The summed E-state index contributed by atoms with van der Waals surface area (Å²) < 4.78 is 27.7. The lowest BCUT2D eigenvalue weighted by Gasteiger charge is -2.28. The number of anilines is 1. The highest BCUT2D eigenvalue weighted by molar-refractivity contribution is 14.1. The van der Waals surface area contributed by atoms with Crippen LogP contribution in [0.1, 0.15) is 6.92 Å². The Kier molecular flexibility index (Phi) is 6.00. The molecule has 0 saturated heterocycles. The van der Waals surface area contributed by atoms with Gasteiger partial charge in [-0.05, 0) is 65.9 Å². The zero-order valence-corrected chi connectivity index (χ0v) is 16.8. The maximum absolute atomic E-state index is 13.0. The molecule has 1 unspecified atom stereocenters. The van der Waals surface area contributed by atoms with Crippen molar-refractivity contribution in [2.75, 3.05) is 4.31 Å². The number of carbonyl (C=O) groups is 1. The predicted octanol–water partition coefficient (Wildman–Crippen LogP) is 4.27. The molecule has 0 spiro atoms. The van der Waals surface area contributed by atoms with E-state index in [2.05, 4.69) is 0 Å². The summed E-state index contributed by atoms with van der Waals surface area (Å²) in [6.45, 7) is 1.30. The van der Waals surface area contributed by atoms with E-state index in [-0.39, 0.29) is 20.6 Å². The van der Waals surface area contributed by atoms with Crippen molar-refractivity contribution in [3.05, 3.63) is 56.1 Å². The van der Waals surface area contributed by atoms with E-state index >= 15 is 0 Å². The number of aliphatic carboxylic acids is 1. The van der Waals surface area contributed by atoms with E-state index in [4.69, 9.17) is 23.2 Å². The van der Waals surface area contributed by atoms with Crippen molar-refractivity contribution in [1.82, 2.24) is 0 Å². The van der Waals surface area contributed by atoms with Gasteiger partial charge in [0.05, 0.1) is 20.6 Å². The molecule has 9 heteroatoms. The van der Waals surface area contributed by atoms with E-state index in [1.807, 2.05) is 22.6 Å². The minimum absolute atomic E-state index is 0.0725. The van der Waals surface area contributed by atoms with Crippen LogP contribution in [-0.2, 0) is 14.8 Å². The van der Waals surface area contributed by atoms with Crippen LogP contribution in [0.4, 0.5) is 5.69 Å². The molecule has 2 aromatic rings. The average Bonchev–Trinajstić information content (AvgIpc) is 2.49. The van der Waals surface area contributed by atoms with E-state index in [0.29, 0.717) is 0 Å². The van der Waals surface area contributed by atoms with Gasteiger partial charge in [0.25, 0.3) is 10.0 Å². The maximum atomic E-state index is 13.0. The molecule has 0 aromatic heterocycles. The van der Waals surface area contributed by atoms with Crippen LogP contribution in [0.3, 0.4) is 0 Å². The van der Waals surface area contributed by atoms with Gasteiger partial charge in [0, 0.05) is 3.57 Å². The normalized spacial score (nSPS) is 12.7. The second-order valence-corrected chi connectivity index (χ2v) is 8.75. The maximum Gasteiger partial charge on any atom is 0.327 e. The Bertz CT molecular complexity index is 889. The smallest absolute Gasteiger partial charge is 0.327 e. The highest BCUT2D eigenvalue weighted by Gasteiger charge is 2.33. The molecule has 0 aliphatic carbocycles. The van der Waals surface area contributed by atoms with Gasteiger partial charge in [0.1, 0.15) is 6.04 Å². The Morgan fingerprint density at radius 3 is 2.38 bits per heavy atom. The first kappa shape index (κ1) is 19.3. The molecule has 128 valence electrons. The summed E-state index contributed by atoms with van der Waals surface area (Å²) in [7, 11) is -4.15. The second-order valence-electron chi connectivity index (χ2n) is 4.87. The summed E-state index contributed by atoms with van der Waals surface area (Å²) in [4.78, 5) is 11.3. The summed E-state index contributed by atoms with van der Waals surface area (Å²) in [6, 6.07) is 9.11. The summed E-state index contributed by atoms with van der Waals surface area (Å²) in [5.74, 6) is -1.27. The molecule has 24 heavy (non-hydrogen) atoms. The Hall–Kier alpha value is -1.03. The monoisotopic (exact) mass is 499 g/mol. The molecule has 0 fully saturated rings. The number of hydrogen-bond acceptors (Lipinski definition) is 3. The van der Waals surface area contributed by atoms with Gasteiger partial charge in [-0.1, -0.05) is 29.3 Å². The molecule has 5 nitrogen and oxygen atoms in total. The van der Waals surface area contributed by atoms with Crippen LogP contribution in [0.15, 0.2) is 47.4 Å². The summed E-state index contributed by atoms with van der Waals surface area (Å²) in [6.07, 6.45) is 0. The zero-order valence-electron chi connectivity index (χ0n) is 12.3. The summed E-state index contributed by atoms with van der Waals surface area (Å²) in [5.41, 5.74) is 0.253. The van der Waals surface area contributed by atoms with E-state index in [1.165, 1.54) is 31.2 Å². The van der Waals surface area contributed by atoms with E-state index in [0.717, 1.165) is 7.88 Å². The van der Waals surface area contributed by atoms with Crippen molar-refractivity contribution in [3.8, 4) is 0 Å². The number of hydrogen-bond donors (Lipinski definition) is 1. The molecular weight excluding hydrogens is 488 g/mol. The number of benzene rings is 2. The van der Waals surface area contributed by atoms with Crippen molar-refractivity contribution < 1.29 is 18.3 Å². The topological polar surface area (TPSA) is 74.7 Å². The van der Waals surface area contributed by atoms with Gasteiger partial charge in [-0.15, -0.1) is 0 Å². The van der Waals surface area contributed by atoms with Gasteiger partial charge in [0.15, 0.2) is 0 Å². The quantitative estimate of drug-likeness (QED) is 0.623. The van der Waals surface area contributed by atoms with Crippen molar-refractivity contribution in [1.29, 1.82) is 0 Å². The van der Waals surface area contributed by atoms with Crippen LogP contribution in [0.25, 0.3) is 0 Å². The molecule has 0 aliphatic rings. The fourth-order valence-corrected chi connectivity index (χ4v) is 4.56. The second kappa shape index (κ2) is 7.47. The Morgan fingerprint density at radius 2 is 1.83 bits per heavy atom. The molecule has 0 amide bonds. The number of halogens is 3. The lowest BCUT2D eigenvalue weighted by atomic mass is 10.2. The van der Waals surface area contributed by atoms with Crippen LogP contribution in [-0.4, -0.2) is 25.5 Å². The van der Waals surface area contributed by atoms with Crippen molar-refractivity contribution in [3.63, 3.8) is 0 Å². The predicted molar refractivity (Wildman–Crippen MR) is 102 cm³/mol. The first-order chi connectivity index (χ1) is 11.1. The highest BCUT2D eigenvalue weighted by atomic mass is 127. The molecule has 0 heterocycles. The molecule has 0 saturated carbocycles. The minimum Gasteiger partial charge on any atom is -0.480 e. The standard InChI is InChI=1S/C15H12Cl2INO4S/c1-9(15(20)21)19(11-4-2-3-10(18)7-11)24(22,23)12-5-6-13(16)14(17)8-12/h2-9H,1H3,(H,20,21). The molecular formula is C15H12Cl2INO4S. The lowest BCUT2D eigenvalue weighted by Crippen LogP contribution is -2.43. The van der Waals surface area contributed by atoms with Crippen molar-refractivity contribution in [2.45, 2.75) is 17.9 Å². The zero-order chi connectivity index (χ0) is 18.1. The van der Waals surface area contributed by atoms with Gasteiger partial charge in [0.2, 0.25) is 0 Å². The number of carboxylic acid groups (broad SMARTS) is 1. The van der Waals surface area contributed by atoms with Gasteiger partial charge >= 0.3 is 5.97 Å². The molecule has 1 N–H and O–H groups in total. The fourth-order valence-electron chi connectivity index (χ4n) is 2.03. The van der Waals surface area contributed by atoms with Gasteiger partial charge in [-0.3, -0.25) is 4.31 Å². The Morgan fingerprint density at radius 1 is 1.17 bits per heavy atom. The Balaban J connectivity index is 2.65. The molecule has 2 rings (SSSR count). The lowest BCUT2D eigenvalue weighted by molar-refractivity contribution is -0.137. The molecule has 0 aliphatic heterocycles. The number of carboxylic acids is 1. The van der Waals surface area contributed by atoms with Crippen LogP contribution >= 0.6 is 45.8 Å². The van der Waals surface area contributed by atoms with E-state index in [1.54, 1.807) is 18.2 Å². The van der Waals surface area contributed by atoms with Crippen LogP contribution < -0.4 is 4.31 Å². The summed E-state index contributed by atoms with van der Waals surface area (Å²) in [5, 5.41) is 9.62. The number of nitrogens with zero attached hydrogens (tertiary/aromatic N) is 1. The van der Waals surface area contributed by atoms with E-state index in [9.17, 15) is 18.3 Å². The Labute approximate surface area is 163 Å². The first-order valence-electron chi connectivity index (χ1n) is 6.62. The largest absolute Gasteiger partial charge is 0.480 e. The van der Waals surface area contributed by atoms with Crippen LogP contribution in [0, 0.1) is 3.57 Å². The fraction of sp³-hybridized carbons (Fsp3) is 0.133. The van der Waals surface area contributed by atoms with Gasteiger partial charge < -0.3 is 5.11 Å². The van der Waals surface area contributed by atoms with Gasteiger partial charge in [-0.25, -0.2) is 13.2 Å². The minimum atomic E-state index is -4.15.